The first kappa shape index (κ1) is 12.9. The molecule has 0 aliphatic carbocycles. The summed E-state index contributed by atoms with van der Waals surface area (Å²) in [6.45, 7) is 0. The first-order valence-corrected chi connectivity index (χ1v) is 8.31. The molecule has 110 valence electrons. The molecule has 0 amide bonds. The van der Waals surface area contributed by atoms with Gasteiger partial charge in [0.05, 0.1) is 15.7 Å². The highest BCUT2D eigenvalue weighted by atomic mass is 32.1. The van der Waals surface area contributed by atoms with E-state index >= 15 is 0 Å². The molecule has 0 radical (unpaired) electrons. The summed E-state index contributed by atoms with van der Waals surface area (Å²) in [6.07, 6.45) is 0. The number of thiophene rings is 1. The monoisotopic (exact) mass is 317 g/mol. The maximum Gasteiger partial charge on any atom is 0.124 e. The topological polar surface area (TPSA) is 4.93 Å². The van der Waals surface area contributed by atoms with Gasteiger partial charge in [0.1, 0.15) is 5.82 Å². The summed E-state index contributed by atoms with van der Waals surface area (Å²) in [5, 5.41) is 2.19. The molecule has 3 aromatic carbocycles. The van der Waals surface area contributed by atoms with E-state index in [-0.39, 0.29) is 5.82 Å². The van der Waals surface area contributed by atoms with Crippen molar-refractivity contribution in [2.24, 2.45) is 0 Å². The van der Waals surface area contributed by atoms with Gasteiger partial charge < -0.3 is 4.57 Å². The van der Waals surface area contributed by atoms with Crippen LogP contribution in [0.2, 0.25) is 0 Å². The van der Waals surface area contributed by atoms with Crippen LogP contribution in [-0.2, 0) is 0 Å². The van der Waals surface area contributed by atoms with Gasteiger partial charge in [0.25, 0.3) is 0 Å². The second-order valence-electron chi connectivity index (χ2n) is 5.61. The lowest BCUT2D eigenvalue weighted by atomic mass is 10.2. The third-order valence-electron chi connectivity index (χ3n) is 4.25. The number of benzene rings is 3. The van der Waals surface area contributed by atoms with Crippen molar-refractivity contribution < 1.29 is 4.39 Å². The Balaban J connectivity index is 2.07. The van der Waals surface area contributed by atoms with Gasteiger partial charge in [0, 0.05) is 21.2 Å². The molecule has 0 N–H and O–H groups in total. The predicted molar refractivity (Wildman–Crippen MR) is 96.1 cm³/mol. The number of halogens is 1. The highest BCUT2D eigenvalue weighted by molar-refractivity contribution is 7.26. The number of hydrogen-bond acceptors (Lipinski definition) is 1. The standard InChI is InChI=1S/C20H12FNS/c21-13-10-11-17-16(12-13)20-19(15-8-4-5-9-18(15)23-20)22(17)14-6-2-1-3-7-14/h1-12H. The average Bonchev–Trinajstić information content (AvgIpc) is 3.10. The summed E-state index contributed by atoms with van der Waals surface area (Å²) in [6, 6.07) is 23.7. The number of fused-ring (bicyclic) bond motifs is 5. The normalized spacial score (nSPS) is 11.7. The van der Waals surface area contributed by atoms with E-state index in [0.29, 0.717) is 0 Å². The van der Waals surface area contributed by atoms with Crippen molar-refractivity contribution in [1.29, 1.82) is 0 Å². The molecule has 0 fully saturated rings. The first-order chi connectivity index (χ1) is 11.3. The highest BCUT2D eigenvalue weighted by Gasteiger charge is 2.17. The SMILES string of the molecule is Fc1ccc2c(c1)c1sc3ccccc3c1n2-c1ccccc1. The Morgan fingerprint density at radius 1 is 0.783 bits per heavy atom. The maximum absolute atomic E-state index is 13.8. The number of nitrogens with zero attached hydrogens (tertiary/aromatic N) is 1. The molecule has 23 heavy (non-hydrogen) atoms. The zero-order chi connectivity index (χ0) is 15.4. The first-order valence-electron chi connectivity index (χ1n) is 7.49. The third kappa shape index (κ3) is 1.77. The van der Waals surface area contributed by atoms with Gasteiger partial charge in [-0.1, -0.05) is 36.4 Å². The Morgan fingerprint density at radius 2 is 1.57 bits per heavy atom. The van der Waals surface area contributed by atoms with Crippen molar-refractivity contribution in [2.45, 2.75) is 0 Å². The Kier molecular flexibility index (Phi) is 2.61. The average molecular weight is 317 g/mol. The summed E-state index contributed by atoms with van der Waals surface area (Å²) < 4.78 is 18.4. The molecule has 3 heteroatoms. The summed E-state index contributed by atoms with van der Waals surface area (Å²) >= 11 is 1.73. The molecule has 5 rings (SSSR count). The van der Waals surface area contributed by atoms with Crippen LogP contribution in [0.4, 0.5) is 4.39 Å². The van der Waals surface area contributed by atoms with Gasteiger partial charge in [-0.15, -0.1) is 11.3 Å². The van der Waals surface area contributed by atoms with E-state index in [2.05, 4.69) is 34.9 Å². The van der Waals surface area contributed by atoms with E-state index in [0.717, 1.165) is 26.8 Å². The van der Waals surface area contributed by atoms with Crippen molar-refractivity contribution in [2.75, 3.05) is 0 Å². The van der Waals surface area contributed by atoms with Crippen LogP contribution < -0.4 is 0 Å². The predicted octanol–water partition coefficient (Wildman–Crippen LogP) is 6.14. The molecule has 2 heterocycles. The van der Waals surface area contributed by atoms with Crippen LogP contribution >= 0.6 is 11.3 Å². The fraction of sp³-hybridized carbons (Fsp3) is 0. The van der Waals surface area contributed by atoms with Gasteiger partial charge in [-0.2, -0.15) is 0 Å². The molecule has 0 aliphatic heterocycles. The fourth-order valence-electron chi connectivity index (χ4n) is 3.29. The quantitative estimate of drug-likeness (QED) is 0.350. The summed E-state index contributed by atoms with van der Waals surface area (Å²) in [5.41, 5.74) is 3.31. The Bertz CT molecular complexity index is 1170. The molecule has 5 aromatic rings. The van der Waals surface area contributed by atoms with Gasteiger partial charge in [-0.05, 0) is 36.4 Å². The molecule has 2 aromatic heterocycles. The van der Waals surface area contributed by atoms with Gasteiger partial charge in [-0.3, -0.25) is 0 Å². The molecule has 1 nitrogen and oxygen atoms in total. The van der Waals surface area contributed by atoms with Crippen molar-refractivity contribution in [3.8, 4) is 5.69 Å². The van der Waals surface area contributed by atoms with Gasteiger partial charge >= 0.3 is 0 Å². The van der Waals surface area contributed by atoms with E-state index in [1.165, 1.54) is 16.2 Å². The van der Waals surface area contributed by atoms with E-state index in [1.807, 2.05) is 30.3 Å². The molecule has 0 bridgehead atoms. The minimum Gasteiger partial charge on any atom is -0.308 e. The highest BCUT2D eigenvalue weighted by Crippen LogP contribution is 2.42. The second kappa shape index (κ2) is 4.67. The zero-order valence-corrected chi connectivity index (χ0v) is 13.0. The molecule has 0 unspecified atom stereocenters. The van der Waals surface area contributed by atoms with Crippen LogP contribution in [0.1, 0.15) is 0 Å². The number of hydrogen-bond donors (Lipinski definition) is 0. The lowest BCUT2D eigenvalue weighted by Gasteiger charge is -2.07. The molecule has 0 spiro atoms. The minimum atomic E-state index is -0.193. The molecular formula is C20H12FNS. The lowest BCUT2D eigenvalue weighted by molar-refractivity contribution is 0.630. The van der Waals surface area contributed by atoms with Gasteiger partial charge in [0.15, 0.2) is 0 Å². The van der Waals surface area contributed by atoms with Crippen LogP contribution in [0.3, 0.4) is 0 Å². The summed E-state index contributed by atoms with van der Waals surface area (Å²) in [7, 11) is 0. The maximum atomic E-state index is 13.8. The summed E-state index contributed by atoms with van der Waals surface area (Å²) in [5.74, 6) is -0.193. The Morgan fingerprint density at radius 3 is 2.43 bits per heavy atom. The second-order valence-corrected chi connectivity index (χ2v) is 6.66. The minimum absolute atomic E-state index is 0.193. The van der Waals surface area contributed by atoms with Crippen LogP contribution in [0.5, 0.6) is 0 Å². The number of para-hydroxylation sites is 1. The molecule has 0 aliphatic rings. The van der Waals surface area contributed by atoms with Crippen molar-refractivity contribution in [3.63, 3.8) is 0 Å². The van der Waals surface area contributed by atoms with E-state index in [1.54, 1.807) is 17.4 Å². The summed E-state index contributed by atoms with van der Waals surface area (Å²) in [4.78, 5) is 0. The van der Waals surface area contributed by atoms with E-state index in [9.17, 15) is 4.39 Å². The van der Waals surface area contributed by atoms with Crippen molar-refractivity contribution in [3.05, 3.63) is 78.6 Å². The zero-order valence-electron chi connectivity index (χ0n) is 12.2. The Labute approximate surface area is 136 Å². The molecule has 0 saturated heterocycles. The van der Waals surface area contributed by atoms with Gasteiger partial charge in [0.2, 0.25) is 0 Å². The lowest BCUT2D eigenvalue weighted by Crippen LogP contribution is -1.93. The van der Waals surface area contributed by atoms with Crippen LogP contribution in [0.25, 0.3) is 36.9 Å². The smallest absolute Gasteiger partial charge is 0.124 e. The van der Waals surface area contributed by atoms with Crippen LogP contribution in [0.15, 0.2) is 72.8 Å². The van der Waals surface area contributed by atoms with Crippen molar-refractivity contribution >= 4 is 42.5 Å². The van der Waals surface area contributed by atoms with Crippen LogP contribution in [0, 0.1) is 5.82 Å². The van der Waals surface area contributed by atoms with Crippen molar-refractivity contribution in [1.82, 2.24) is 4.57 Å². The largest absolute Gasteiger partial charge is 0.308 e. The number of aromatic nitrogens is 1. The molecule has 0 atom stereocenters. The van der Waals surface area contributed by atoms with Crippen LogP contribution in [-0.4, -0.2) is 4.57 Å². The van der Waals surface area contributed by atoms with Gasteiger partial charge in [-0.25, -0.2) is 4.39 Å². The number of rotatable bonds is 1. The third-order valence-corrected chi connectivity index (χ3v) is 5.44. The Hall–Kier alpha value is -2.65. The molecule has 0 saturated carbocycles. The molecular weight excluding hydrogens is 305 g/mol. The van der Waals surface area contributed by atoms with E-state index in [4.69, 9.17) is 0 Å². The van der Waals surface area contributed by atoms with E-state index < -0.39 is 0 Å². The fourth-order valence-corrected chi connectivity index (χ4v) is 4.50.